The zero-order valence-corrected chi connectivity index (χ0v) is 11.2. The van der Waals surface area contributed by atoms with Gasteiger partial charge in [0.15, 0.2) is 11.0 Å². The standard InChI is InChI=1S/C11H11N3O2S2/c1-17-8-4-2-3-7(5-8)10-12-11(14-13-10)18-6-9(15)16/h2-5H,6H2,1H3,(H,15,16)(H,12,13,14). The summed E-state index contributed by atoms with van der Waals surface area (Å²) in [7, 11) is 0. The minimum atomic E-state index is -0.873. The molecule has 0 spiro atoms. The van der Waals surface area contributed by atoms with E-state index in [4.69, 9.17) is 5.11 Å². The highest BCUT2D eigenvalue weighted by atomic mass is 32.2. The number of aliphatic carboxylic acids is 1. The number of thioether (sulfide) groups is 2. The molecule has 2 aromatic rings. The maximum atomic E-state index is 10.4. The van der Waals surface area contributed by atoms with E-state index in [-0.39, 0.29) is 5.75 Å². The molecule has 18 heavy (non-hydrogen) atoms. The Morgan fingerprint density at radius 3 is 3.00 bits per heavy atom. The number of hydrogen-bond donors (Lipinski definition) is 2. The molecule has 0 aliphatic rings. The van der Waals surface area contributed by atoms with Crippen LogP contribution in [0.1, 0.15) is 0 Å². The summed E-state index contributed by atoms with van der Waals surface area (Å²) in [6, 6.07) is 7.92. The molecule has 0 unspecified atom stereocenters. The molecule has 1 aromatic heterocycles. The summed E-state index contributed by atoms with van der Waals surface area (Å²) in [5.41, 5.74) is 0.941. The average Bonchev–Trinajstić information content (AvgIpc) is 2.85. The fraction of sp³-hybridized carbons (Fsp3) is 0.182. The van der Waals surface area contributed by atoms with Crippen LogP contribution in [0.2, 0.25) is 0 Å². The number of nitrogens with one attached hydrogen (secondary N) is 1. The predicted octanol–water partition coefficient (Wildman–Crippen LogP) is 2.37. The summed E-state index contributed by atoms with van der Waals surface area (Å²) < 4.78 is 0. The SMILES string of the molecule is CSc1cccc(-c2nnc(SCC(=O)O)[nH]2)c1. The molecular weight excluding hydrogens is 270 g/mol. The smallest absolute Gasteiger partial charge is 0.313 e. The number of carboxylic acid groups (broad SMARTS) is 1. The van der Waals surface area contributed by atoms with E-state index in [0.29, 0.717) is 11.0 Å². The molecule has 0 aliphatic heterocycles. The van der Waals surface area contributed by atoms with Crippen molar-refractivity contribution < 1.29 is 9.90 Å². The second-order valence-electron chi connectivity index (χ2n) is 3.39. The van der Waals surface area contributed by atoms with Gasteiger partial charge < -0.3 is 10.1 Å². The monoisotopic (exact) mass is 281 g/mol. The molecule has 2 N–H and O–H groups in total. The Morgan fingerprint density at radius 1 is 1.44 bits per heavy atom. The lowest BCUT2D eigenvalue weighted by Crippen LogP contribution is -1.97. The van der Waals surface area contributed by atoms with Gasteiger partial charge in [0.1, 0.15) is 0 Å². The summed E-state index contributed by atoms with van der Waals surface area (Å²) in [4.78, 5) is 14.6. The summed E-state index contributed by atoms with van der Waals surface area (Å²) in [6.45, 7) is 0. The van der Waals surface area contributed by atoms with Crippen LogP contribution in [0.25, 0.3) is 11.4 Å². The largest absolute Gasteiger partial charge is 0.481 e. The first-order valence-corrected chi connectivity index (χ1v) is 7.32. The summed E-state index contributed by atoms with van der Waals surface area (Å²) in [5, 5.41) is 17.0. The van der Waals surface area contributed by atoms with Crippen molar-refractivity contribution in [1.29, 1.82) is 0 Å². The van der Waals surface area contributed by atoms with Gasteiger partial charge in [-0.25, -0.2) is 0 Å². The number of aromatic nitrogens is 3. The number of carbonyl (C=O) groups is 1. The van der Waals surface area contributed by atoms with Gasteiger partial charge in [0.25, 0.3) is 0 Å². The van der Waals surface area contributed by atoms with Crippen LogP contribution < -0.4 is 0 Å². The highest BCUT2D eigenvalue weighted by molar-refractivity contribution is 7.99. The van der Waals surface area contributed by atoms with Crippen molar-refractivity contribution in [2.75, 3.05) is 12.0 Å². The van der Waals surface area contributed by atoms with Crippen LogP contribution in [-0.4, -0.2) is 38.3 Å². The van der Waals surface area contributed by atoms with Crippen molar-refractivity contribution in [3.05, 3.63) is 24.3 Å². The van der Waals surface area contributed by atoms with Crippen molar-refractivity contribution in [3.8, 4) is 11.4 Å². The second kappa shape index (κ2) is 5.92. The number of aromatic amines is 1. The van der Waals surface area contributed by atoms with E-state index < -0.39 is 5.97 Å². The normalized spacial score (nSPS) is 10.5. The quantitative estimate of drug-likeness (QED) is 0.819. The zero-order valence-electron chi connectivity index (χ0n) is 9.58. The first-order chi connectivity index (χ1) is 8.69. The Balaban J connectivity index is 2.15. The van der Waals surface area contributed by atoms with Crippen LogP contribution in [0.15, 0.2) is 34.3 Å². The van der Waals surface area contributed by atoms with Crippen LogP contribution in [0, 0.1) is 0 Å². The lowest BCUT2D eigenvalue weighted by molar-refractivity contribution is -0.133. The van der Waals surface area contributed by atoms with Crippen molar-refractivity contribution in [1.82, 2.24) is 15.2 Å². The van der Waals surface area contributed by atoms with Gasteiger partial charge >= 0.3 is 5.97 Å². The fourth-order valence-corrected chi connectivity index (χ4v) is 2.33. The summed E-state index contributed by atoms with van der Waals surface area (Å²) >= 11 is 2.77. The first kappa shape index (κ1) is 13.0. The Bertz CT molecular complexity index is 557. The molecule has 0 bridgehead atoms. The van der Waals surface area contributed by atoms with Crippen LogP contribution in [0.4, 0.5) is 0 Å². The molecule has 0 saturated heterocycles. The molecule has 1 aromatic carbocycles. The lowest BCUT2D eigenvalue weighted by Gasteiger charge is -1.99. The van der Waals surface area contributed by atoms with E-state index in [1.165, 1.54) is 0 Å². The van der Waals surface area contributed by atoms with Crippen LogP contribution in [0.3, 0.4) is 0 Å². The van der Waals surface area contributed by atoms with Crippen LogP contribution in [0.5, 0.6) is 0 Å². The van der Waals surface area contributed by atoms with Crippen molar-refractivity contribution in [2.45, 2.75) is 10.1 Å². The van der Waals surface area contributed by atoms with E-state index in [0.717, 1.165) is 22.2 Å². The third-order valence-corrected chi connectivity index (χ3v) is 3.72. The van der Waals surface area contributed by atoms with Crippen molar-refractivity contribution >= 4 is 29.5 Å². The number of H-pyrrole nitrogens is 1. The van der Waals surface area contributed by atoms with E-state index >= 15 is 0 Å². The number of rotatable bonds is 5. The molecule has 0 radical (unpaired) electrons. The fourth-order valence-electron chi connectivity index (χ4n) is 1.34. The molecule has 0 saturated carbocycles. The van der Waals surface area contributed by atoms with Gasteiger partial charge in [0.2, 0.25) is 0 Å². The number of benzene rings is 1. The third-order valence-electron chi connectivity index (χ3n) is 2.14. The first-order valence-electron chi connectivity index (χ1n) is 5.11. The molecule has 1 heterocycles. The maximum Gasteiger partial charge on any atom is 0.313 e. The summed E-state index contributed by atoms with van der Waals surface area (Å²) in [6.07, 6.45) is 2.01. The number of hydrogen-bond acceptors (Lipinski definition) is 5. The van der Waals surface area contributed by atoms with Crippen molar-refractivity contribution in [2.24, 2.45) is 0 Å². The van der Waals surface area contributed by atoms with Gasteiger partial charge in [0, 0.05) is 10.5 Å². The molecule has 0 aliphatic carbocycles. The molecule has 5 nitrogen and oxygen atoms in total. The third kappa shape index (κ3) is 3.27. The highest BCUT2D eigenvalue weighted by Gasteiger charge is 2.08. The van der Waals surface area contributed by atoms with Gasteiger partial charge in [-0.15, -0.1) is 22.0 Å². The minimum absolute atomic E-state index is 0.0283. The number of carboxylic acids is 1. The highest BCUT2D eigenvalue weighted by Crippen LogP contribution is 2.23. The Labute approximate surface area is 112 Å². The van der Waals surface area contributed by atoms with Gasteiger partial charge in [-0.05, 0) is 18.4 Å². The molecule has 7 heteroatoms. The summed E-state index contributed by atoms with van der Waals surface area (Å²) in [5.74, 6) is -0.249. The van der Waals surface area contributed by atoms with E-state index in [9.17, 15) is 4.79 Å². The lowest BCUT2D eigenvalue weighted by atomic mass is 10.2. The van der Waals surface area contributed by atoms with Crippen molar-refractivity contribution in [3.63, 3.8) is 0 Å². The van der Waals surface area contributed by atoms with Crippen LogP contribution in [-0.2, 0) is 4.79 Å². The molecule has 94 valence electrons. The molecule has 2 rings (SSSR count). The maximum absolute atomic E-state index is 10.4. The molecular formula is C11H11N3O2S2. The Morgan fingerprint density at radius 2 is 2.28 bits per heavy atom. The van der Waals surface area contributed by atoms with E-state index in [2.05, 4.69) is 15.2 Å². The van der Waals surface area contributed by atoms with E-state index in [1.54, 1.807) is 11.8 Å². The second-order valence-corrected chi connectivity index (χ2v) is 5.24. The van der Waals surface area contributed by atoms with Gasteiger partial charge in [-0.3, -0.25) is 4.79 Å². The molecule has 0 amide bonds. The zero-order chi connectivity index (χ0) is 13.0. The van der Waals surface area contributed by atoms with Gasteiger partial charge in [-0.1, -0.05) is 23.9 Å². The molecule has 0 fully saturated rings. The molecule has 0 atom stereocenters. The Kier molecular flexibility index (Phi) is 4.27. The predicted molar refractivity (Wildman–Crippen MR) is 72.0 cm³/mol. The minimum Gasteiger partial charge on any atom is -0.481 e. The topological polar surface area (TPSA) is 78.9 Å². The Hall–Kier alpha value is -1.47. The van der Waals surface area contributed by atoms with Gasteiger partial charge in [-0.2, -0.15) is 0 Å². The van der Waals surface area contributed by atoms with E-state index in [1.807, 2.05) is 30.5 Å². The number of nitrogens with zero attached hydrogens (tertiary/aromatic N) is 2. The average molecular weight is 281 g/mol. The van der Waals surface area contributed by atoms with Gasteiger partial charge in [0.05, 0.1) is 5.75 Å². The van der Waals surface area contributed by atoms with Crippen LogP contribution >= 0.6 is 23.5 Å².